The predicted molar refractivity (Wildman–Crippen MR) is 160 cm³/mol. The van der Waals surface area contributed by atoms with Gasteiger partial charge in [-0.3, -0.25) is 9.21 Å². The van der Waals surface area contributed by atoms with Gasteiger partial charge in [0.15, 0.2) is 0 Å². The normalized spacial score (nSPS) is 16.1. The Balaban J connectivity index is 0.00000370. The standard InChI is InChI=1S/C31H34FN3O3S.ClH/c1-34(26-15-12-24(32)13-16-26)39(36,37)27-17-19-31(38-2)28(21-27)29-18-14-25(33-29)22-35-20-8-4-7-11-30(35)23-9-5-3-6-10-23;/h3,5-6,9-10,12-19,21,30,33H,4,7-8,11,20,22H2,1-2H3;1H/t30-;/m1./s1. The van der Waals surface area contributed by atoms with Crippen molar-refractivity contribution >= 4 is 28.1 Å². The number of H-pyrrole nitrogens is 1. The van der Waals surface area contributed by atoms with Gasteiger partial charge >= 0.3 is 0 Å². The first-order valence-electron chi connectivity index (χ1n) is 13.3. The number of benzene rings is 3. The number of aromatic amines is 1. The van der Waals surface area contributed by atoms with E-state index >= 15 is 0 Å². The van der Waals surface area contributed by atoms with Crippen LogP contribution < -0.4 is 9.04 Å². The smallest absolute Gasteiger partial charge is 0.264 e. The molecule has 40 heavy (non-hydrogen) atoms. The van der Waals surface area contributed by atoms with E-state index in [0.29, 0.717) is 23.0 Å². The molecule has 1 saturated heterocycles. The molecule has 9 heteroatoms. The SMILES string of the molecule is COc1ccc(S(=O)(=O)N(C)c2ccc(F)cc2)cc1-c1ccc(CN2CCCCC[C@@H]2c2ccccc2)[nH]1.Cl. The van der Waals surface area contributed by atoms with Gasteiger partial charge in [0, 0.05) is 36.6 Å². The summed E-state index contributed by atoms with van der Waals surface area (Å²) in [5.74, 6) is 0.151. The van der Waals surface area contributed by atoms with Crippen LogP contribution in [0, 0.1) is 5.82 Å². The monoisotopic (exact) mass is 583 g/mol. The van der Waals surface area contributed by atoms with Gasteiger partial charge in [0.25, 0.3) is 10.0 Å². The van der Waals surface area contributed by atoms with Crippen LogP contribution in [0.3, 0.4) is 0 Å². The van der Waals surface area contributed by atoms with Gasteiger partial charge in [-0.15, -0.1) is 12.4 Å². The summed E-state index contributed by atoms with van der Waals surface area (Å²) in [6.45, 7) is 1.80. The third-order valence-corrected chi connectivity index (χ3v) is 9.26. The minimum Gasteiger partial charge on any atom is -0.496 e. The Bertz CT molecular complexity index is 1510. The fraction of sp³-hybridized carbons (Fsp3) is 0.290. The number of methoxy groups -OCH3 is 1. The van der Waals surface area contributed by atoms with Crippen molar-refractivity contribution in [3.8, 4) is 17.0 Å². The minimum atomic E-state index is -3.89. The van der Waals surface area contributed by atoms with Crippen molar-refractivity contribution < 1.29 is 17.5 Å². The molecule has 4 aromatic rings. The van der Waals surface area contributed by atoms with Crippen LogP contribution in [-0.2, 0) is 16.6 Å². The Labute approximate surface area is 242 Å². The maximum absolute atomic E-state index is 13.4. The number of hydrogen-bond acceptors (Lipinski definition) is 4. The number of sulfonamides is 1. The van der Waals surface area contributed by atoms with E-state index < -0.39 is 15.8 Å². The lowest BCUT2D eigenvalue weighted by Gasteiger charge is -2.30. The molecule has 1 fully saturated rings. The maximum Gasteiger partial charge on any atom is 0.264 e. The Hall–Kier alpha value is -3.33. The zero-order chi connectivity index (χ0) is 27.4. The molecule has 0 unspecified atom stereocenters. The third kappa shape index (κ3) is 6.35. The van der Waals surface area contributed by atoms with E-state index in [4.69, 9.17) is 4.74 Å². The number of anilines is 1. The fourth-order valence-electron chi connectivity index (χ4n) is 5.32. The van der Waals surface area contributed by atoms with Gasteiger partial charge in [-0.25, -0.2) is 12.8 Å². The molecule has 6 nitrogen and oxygen atoms in total. The molecule has 0 radical (unpaired) electrons. The number of ether oxygens (including phenoxy) is 1. The summed E-state index contributed by atoms with van der Waals surface area (Å²) in [5.41, 5.74) is 4.23. The Morgan fingerprint density at radius 3 is 2.45 bits per heavy atom. The summed E-state index contributed by atoms with van der Waals surface area (Å²) >= 11 is 0. The van der Waals surface area contributed by atoms with Gasteiger partial charge in [-0.05, 0) is 79.5 Å². The van der Waals surface area contributed by atoms with E-state index in [9.17, 15) is 12.8 Å². The van der Waals surface area contributed by atoms with Crippen molar-refractivity contribution in [3.05, 3.63) is 102 Å². The van der Waals surface area contributed by atoms with Crippen molar-refractivity contribution in [2.24, 2.45) is 0 Å². The highest BCUT2D eigenvalue weighted by atomic mass is 35.5. The summed E-state index contributed by atoms with van der Waals surface area (Å²) < 4.78 is 47.0. The summed E-state index contributed by atoms with van der Waals surface area (Å²) in [7, 11) is -0.851. The van der Waals surface area contributed by atoms with Gasteiger partial charge in [0.05, 0.1) is 17.7 Å². The fourth-order valence-corrected chi connectivity index (χ4v) is 6.55. The molecule has 1 atom stereocenters. The first-order chi connectivity index (χ1) is 18.9. The molecule has 0 spiro atoms. The molecule has 0 bridgehead atoms. The van der Waals surface area contributed by atoms with Gasteiger partial charge in [-0.1, -0.05) is 43.2 Å². The predicted octanol–water partition coefficient (Wildman–Crippen LogP) is 7.19. The molecule has 0 amide bonds. The average molecular weight is 584 g/mol. The molecule has 0 aliphatic carbocycles. The summed E-state index contributed by atoms with van der Waals surface area (Å²) in [5, 5.41) is 0. The van der Waals surface area contributed by atoms with Crippen LogP contribution in [0.2, 0.25) is 0 Å². The van der Waals surface area contributed by atoms with Crippen molar-refractivity contribution in [1.29, 1.82) is 0 Å². The second kappa shape index (κ2) is 12.9. The van der Waals surface area contributed by atoms with Gasteiger partial charge in [0.2, 0.25) is 0 Å². The molecular formula is C31H35ClFN3O3S. The van der Waals surface area contributed by atoms with Crippen LogP contribution in [0.1, 0.15) is 43.0 Å². The zero-order valence-corrected chi connectivity index (χ0v) is 24.3. The Kier molecular flexibility index (Phi) is 9.56. The van der Waals surface area contributed by atoms with Crippen LogP contribution >= 0.6 is 12.4 Å². The second-order valence-electron chi connectivity index (χ2n) is 9.95. The summed E-state index contributed by atoms with van der Waals surface area (Å²) in [6.07, 6.45) is 4.76. The highest BCUT2D eigenvalue weighted by Crippen LogP contribution is 2.35. The second-order valence-corrected chi connectivity index (χ2v) is 11.9. The van der Waals surface area contributed by atoms with Crippen molar-refractivity contribution in [3.63, 3.8) is 0 Å². The zero-order valence-electron chi connectivity index (χ0n) is 22.7. The number of likely N-dealkylation sites (tertiary alicyclic amines) is 1. The molecule has 2 heterocycles. The number of nitrogens with zero attached hydrogens (tertiary/aromatic N) is 2. The van der Waals surface area contributed by atoms with Crippen LogP contribution in [-0.4, -0.2) is 39.0 Å². The lowest BCUT2D eigenvalue weighted by atomic mass is 10.0. The molecule has 0 saturated carbocycles. The van der Waals surface area contributed by atoms with E-state index in [2.05, 4.69) is 46.3 Å². The van der Waals surface area contributed by atoms with Crippen LogP contribution in [0.4, 0.5) is 10.1 Å². The minimum absolute atomic E-state index is 0. The van der Waals surface area contributed by atoms with E-state index in [0.717, 1.165) is 35.2 Å². The molecule has 5 rings (SSSR count). The summed E-state index contributed by atoms with van der Waals surface area (Å²) in [4.78, 5) is 6.18. The number of aromatic nitrogens is 1. The van der Waals surface area contributed by atoms with Gasteiger partial charge < -0.3 is 9.72 Å². The molecule has 3 aromatic carbocycles. The molecule has 212 valence electrons. The number of rotatable bonds is 8. The van der Waals surface area contributed by atoms with Crippen molar-refractivity contribution in [1.82, 2.24) is 9.88 Å². The largest absolute Gasteiger partial charge is 0.496 e. The Morgan fingerprint density at radius 2 is 1.73 bits per heavy atom. The number of nitrogens with one attached hydrogen (secondary N) is 1. The quantitative estimate of drug-likeness (QED) is 0.238. The van der Waals surface area contributed by atoms with Crippen molar-refractivity contribution in [2.75, 3.05) is 25.0 Å². The third-order valence-electron chi connectivity index (χ3n) is 7.48. The Morgan fingerprint density at radius 1 is 0.975 bits per heavy atom. The maximum atomic E-state index is 13.4. The van der Waals surface area contributed by atoms with E-state index in [1.165, 1.54) is 62.2 Å². The van der Waals surface area contributed by atoms with Crippen LogP contribution in [0.5, 0.6) is 5.75 Å². The van der Waals surface area contributed by atoms with Crippen LogP contribution in [0.25, 0.3) is 11.3 Å². The van der Waals surface area contributed by atoms with Crippen molar-refractivity contribution in [2.45, 2.75) is 43.2 Å². The van der Waals surface area contributed by atoms with Gasteiger partial charge in [0.1, 0.15) is 11.6 Å². The number of hydrogen-bond donors (Lipinski definition) is 1. The lowest BCUT2D eigenvalue weighted by Crippen LogP contribution is -2.28. The highest BCUT2D eigenvalue weighted by Gasteiger charge is 2.25. The van der Waals surface area contributed by atoms with E-state index in [1.54, 1.807) is 19.2 Å². The van der Waals surface area contributed by atoms with Gasteiger partial charge in [-0.2, -0.15) is 0 Å². The highest BCUT2D eigenvalue weighted by molar-refractivity contribution is 7.92. The summed E-state index contributed by atoms with van der Waals surface area (Å²) in [6, 6.07) is 25.3. The average Bonchev–Trinajstić information content (AvgIpc) is 3.30. The molecular weight excluding hydrogens is 549 g/mol. The van der Waals surface area contributed by atoms with Crippen LogP contribution in [0.15, 0.2) is 89.8 Å². The first-order valence-corrected chi connectivity index (χ1v) is 14.7. The molecule has 1 aliphatic rings. The number of halogens is 2. The molecule has 1 aromatic heterocycles. The molecule has 1 N–H and O–H groups in total. The topological polar surface area (TPSA) is 65.6 Å². The first kappa shape index (κ1) is 29.6. The molecule has 1 aliphatic heterocycles. The van der Waals surface area contributed by atoms with E-state index in [1.807, 2.05) is 6.07 Å². The lowest BCUT2D eigenvalue weighted by molar-refractivity contribution is 0.190. The van der Waals surface area contributed by atoms with E-state index in [-0.39, 0.29) is 17.3 Å².